The molecule has 0 unspecified atom stereocenters. The fourth-order valence-electron chi connectivity index (χ4n) is 3.90. The number of amides is 1. The van der Waals surface area contributed by atoms with E-state index in [4.69, 9.17) is 0 Å². The highest BCUT2D eigenvalue weighted by Gasteiger charge is 2.37. The van der Waals surface area contributed by atoms with Gasteiger partial charge in [-0.05, 0) is 38.8 Å². The van der Waals surface area contributed by atoms with Crippen molar-refractivity contribution in [2.45, 2.75) is 51.3 Å². The summed E-state index contributed by atoms with van der Waals surface area (Å²) in [6, 6.07) is 4.02. The molecule has 0 radical (unpaired) electrons. The molecule has 176 valence electrons. The molecule has 1 fully saturated rings. The number of anilines is 1. The summed E-state index contributed by atoms with van der Waals surface area (Å²) in [5.74, 6) is 0.281. The molecule has 0 spiro atoms. The summed E-state index contributed by atoms with van der Waals surface area (Å²) < 4.78 is 28.0. The lowest BCUT2D eigenvalue weighted by Crippen LogP contribution is -2.17. The Morgan fingerprint density at radius 2 is 1.97 bits per heavy atom. The Balaban J connectivity index is 1.43. The summed E-state index contributed by atoms with van der Waals surface area (Å²) in [7, 11) is -3.44. The summed E-state index contributed by atoms with van der Waals surface area (Å²) in [6.07, 6.45) is 10.1. The van der Waals surface area contributed by atoms with Gasteiger partial charge in [-0.25, -0.2) is 18.4 Å². The predicted octanol–water partition coefficient (Wildman–Crippen LogP) is 3.16. The molecule has 0 saturated heterocycles. The zero-order chi connectivity index (χ0) is 24.0. The highest BCUT2D eigenvalue weighted by Crippen LogP contribution is 2.31. The van der Waals surface area contributed by atoms with Crippen molar-refractivity contribution in [3.05, 3.63) is 54.5 Å². The van der Waals surface area contributed by atoms with E-state index >= 15 is 0 Å². The molecule has 1 saturated carbocycles. The minimum atomic E-state index is -3.44. The number of hydrogen-bond donors (Lipinski definition) is 1. The maximum atomic E-state index is 12.4. The van der Waals surface area contributed by atoms with Crippen molar-refractivity contribution in [2.24, 2.45) is 0 Å². The van der Waals surface area contributed by atoms with Crippen molar-refractivity contribution < 1.29 is 13.2 Å². The van der Waals surface area contributed by atoms with E-state index in [9.17, 15) is 13.2 Å². The van der Waals surface area contributed by atoms with Crippen molar-refractivity contribution in [2.75, 3.05) is 5.32 Å². The lowest BCUT2D eigenvalue weighted by Gasteiger charge is -2.09. The van der Waals surface area contributed by atoms with Crippen LogP contribution in [0.25, 0.3) is 22.3 Å². The van der Waals surface area contributed by atoms with Gasteiger partial charge in [0.05, 0.1) is 40.1 Å². The van der Waals surface area contributed by atoms with Crippen molar-refractivity contribution in [1.29, 1.82) is 0 Å². The molecule has 5 rings (SSSR count). The highest BCUT2D eigenvalue weighted by atomic mass is 32.2. The smallest absolute Gasteiger partial charge is 0.256 e. The average Bonchev–Trinajstić information content (AvgIpc) is 3.43. The first kappa shape index (κ1) is 22.2. The second-order valence-corrected chi connectivity index (χ2v) is 10.9. The molecule has 10 nitrogen and oxygen atoms in total. The number of hydrogen-bond acceptors (Lipinski definition) is 7. The van der Waals surface area contributed by atoms with Crippen molar-refractivity contribution in [1.82, 2.24) is 28.7 Å². The highest BCUT2D eigenvalue weighted by molar-refractivity contribution is 7.90. The number of rotatable bonds is 7. The van der Waals surface area contributed by atoms with Gasteiger partial charge in [-0.1, -0.05) is 0 Å². The normalized spacial score (nSPS) is 14.1. The third-order valence-corrected chi connectivity index (χ3v) is 7.78. The Labute approximate surface area is 197 Å². The molecule has 4 aromatic heterocycles. The Hall–Kier alpha value is -3.60. The monoisotopic (exact) mass is 479 g/mol. The zero-order valence-corrected chi connectivity index (χ0v) is 20.0. The Morgan fingerprint density at radius 3 is 2.68 bits per heavy atom. The molecular formula is C23H25N7O3S. The first-order chi connectivity index (χ1) is 16.2. The third kappa shape index (κ3) is 4.18. The second-order valence-electron chi connectivity index (χ2n) is 8.81. The van der Waals surface area contributed by atoms with Crippen LogP contribution in [0.5, 0.6) is 0 Å². The Bertz CT molecular complexity index is 1500. The molecule has 1 aliphatic rings. The molecule has 1 aliphatic carbocycles. The molecule has 34 heavy (non-hydrogen) atoms. The van der Waals surface area contributed by atoms with Gasteiger partial charge in [0.1, 0.15) is 0 Å². The van der Waals surface area contributed by atoms with Crippen molar-refractivity contribution in [3.8, 4) is 11.4 Å². The fourth-order valence-corrected chi connectivity index (χ4v) is 5.37. The maximum absolute atomic E-state index is 12.4. The molecule has 1 amide bonds. The van der Waals surface area contributed by atoms with Crippen LogP contribution in [-0.2, 0) is 21.2 Å². The fraction of sp³-hybridized carbons (Fsp3) is 0.348. The number of aromatic nitrogens is 6. The number of nitrogens with one attached hydrogen (secondary N) is 1. The topological polar surface area (TPSA) is 125 Å². The molecule has 4 heterocycles. The first-order valence-corrected chi connectivity index (χ1v) is 12.6. The summed E-state index contributed by atoms with van der Waals surface area (Å²) in [5, 5.41) is 7.43. The van der Waals surface area contributed by atoms with Gasteiger partial charge in [0.2, 0.25) is 5.91 Å². The largest absolute Gasteiger partial charge is 0.343 e. The SMILES string of the molecule is CC(=O)Nc1cn(C(C)C)c2cc(Cc3ccnc(-c4cnn(S(=O)(=O)C5CC5)c4)n3)ncc12. The van der Waals surface area contributed by atoms with Crippen LogP contribution in [0.3, 0.4) is 0 Å². The van der Waals surface area contributed by atoms with Gasteiger partial charge in [-0.15, -0.1) is 0 Å². The Morgan fingerprint density at radius 1 is 1.18 bits per heavy atom. The van der Waals surface area contributed by atoms with E-state index < -0.39 is 10.0 Å². The van der Waals surface area contributed by atoms with Crippen LogP contribution in [0.1, 0.15) is 51.0 Å². The van der Waals surface area contributed by atoms with Crippen LogP contribution in [0.2, 0.25) is 0 Å². The van der Waals surface area contributed by atoms with Gasteiger partial charge in [0.15, 0.2) is 5.82 Å². The summed E-state index contributed by atoms with van der Waals surface area (Å²) in [4.78, 5) is 25.1. The number of fused-ring (bicyclic) bond motifs is 1. The quantitative estimate of drug-likeness (QED) is 0.432. The zero-order valence-electron chi connectivity index (χ0n) is 19.1. The number of nitrogens with zero attached hydrogens (tertiary/aromatic N) is 6. The Kier molecular flexibility index (Phi) is 5.43. The maximum Gasteiger partial charge on any atom is 0.256 e. The van der Waals surface area contributed by atoms with Gasteiger partial charge in [-0.2, -0.15) is 9.19 Å². The van der Waals surface area contributed by atoms with Crippen LogP contribution < -0.4 is 5.32 Å². The van der Waals surface area contributed by atoms with E-state index in [-0.39, 0.29) is 17.2 Å². The predicted molar refractivity (Wildman–Crippen MR) is 128 cm³/mol. The second kappa shape index (κ2) is 8.32. The molecule has 0 atom stereocenters. The van der Waals surface area contributed by atoms with Gasteiger partial charge < -0.3 is 9.88 Å². The first-order valence-electron chi connectivity index (χ1n) is 11.1. The van der Waals surface area contributed by atoms with Crippen LogP contribution in [-0.4, -0.2) is 48.3 Å². The molecule has 0 aromatic carbocycles. The van der Waals surface area contributed by atoms with Gasteiger partial charge in [-0.3, -0.25) is 9.78 Å². The molecule has 0 bridgehead atoms. The van der Waals surface area contributed by atoms with Gasteiger partial charge in [0, 0.05) is 49.1 Å². The minimum Gasteiger partial charge on any atom is -0.343 e. The third-order valence-electron chi connectivity index (χ3n) is 5.74. The number of pyridine rings is 1. The summed E-state index contributed by atoms with van der Waals surface area (Å²) >= 11 is 0. The molecule has 1 N–H and O–H groups in total. The van der Waals surface area contributed by atoms with Crippen LogP contribution in [0, 0.1) is 0 Å². The van der Waals surface area contributed by atoms with Crippen LogP contribution in [0.15, 0.2) is 43.1 Å². The van der Waals surface area contributed by atoms with Crippen molar-refractivity contribution in [3.63, 3.8) is 0 Å². The lowest BCUT2D eigenvalue weighted by molar-refractivity contribution is -0.114. The van der Waals surface area contributed by atoms with E-state index in [1.165, 1.54) is 19.3 Å². The van der Waals surface area contributed by atoms with E-state index in [1.807, 2.05) is 18.3 Å². The summed E-state index contributed by atoms with van der Waals surface area (Å²) in [5.41, 5.74) is 3.82. The van der Waals surface area contributed by atoms with E-state index in [0.29, 0.717) is 30.7 Å². The van der Waals surface area contributed by atoms with E-state index in [0.717, 1.165) is 32.1 Å². The number of carbonyl (C=O) groups excluding carboxylic acids is 1. The molecular weight excluding hydrogens is 454 g/mol. The number of carbonyl (C=O) groups is 1. The molecule has 0 aliphatic heterocycles. The average molecular weight is 480 g/mol. The lowest BCUT2D eigenvalue weighted by atomic mass is 10.1. The van der Waals surface area contributed by atoms with Gasteiger partial charge >= 0.3 is 0 Å². The van der Waals surface area contributed by atoms with Gasteiger partial charge in [0.25, 0.3) is 10.0 Å². The molecule has 4 aromatic rings. The summed E-state index contributed by atoms with van der Waals surface area (Å²) in [6.45, 7) is 5.65. The standard InChI is InChI=1S/C23H25N7O3S/c1-14(2)29-13-21(27-15(3)31)20-11-25-18(9-22(20)29)8-17-6-7-24-23(28-17)16-10-26-30(12-16)34(32,33)19-4-5-19/h6-7,9-14,19H,4-5,8H2,1-3H3,(H,27,31). The van der Waals surface area contributed by atoms with Crippen molar-refractivity contribution >= 4 is 32.5 Å². The molecule has 11 heteroatoms. The minimum absolute atomic E-state index is 0.131. The van der Waals surface area contributed by atoms with E-state index in [2.05, 4.69) is 43.8 Å². The van der Waals surface area contributed by atoms with E-state index in [1.54, 1.807) is 12.4 Å². The van der Waals surface area contributed by atoms with Crippen LogP contribution in [0.4, 0.5) is 5.69 Å². The van der Waals surface area contributed by atoms with Crippen LogP contribution >= 0.6 is 0 Å².